The molecule has 114 valence electrons. The monoisotopic (exact) mass is 293 g/mol. The van der Waals surface area contributed by atoms with Gasteiger partial charge in [-0.2, -0.15) is 0 Å². The lowest BCUT2D eigenvalue weighted by atomic mass is 9.85. The van der Waals surface area contributed by atoms with Gasteiger partial charge < -0.3 is 15.2 Å². The van der Waals surface area contributed by atoms with E-state index in [1.54, 1.807) is 0 Å². The molecule has 5 heteroatoms. The fraction of sp³-hybridized carbons (Fsp3) is 0.562. The molecule has 2 saturated carbocycles. The maximum atomic E-state index is 13.4. The molecule has 0 aliphatic heterocycles. The van der Waals surface area contributed by atoms with Crippen molar-refractivity contribution in [2.24, 2.45) is 17.8 Å². The van der Waals surface area contributed by atoms with Crippen LogP contribution in [0.15, 0.2) is 18.2 Å². The average molecular weight is 293 g/mol. The number of amides is 1. The number of aliphatic hydroxyl groups excluding tert-OH is 1. The molecule has 4 nitrogen and oxygen atoms in total. The molecular formula is C16H20FNO3. The Morgan fingerprint density at radius 2 is 2.19 bits per heavy atom. The molecule has 2 bridgehead atoms. The van der Waals surface area contributed by atoms with Gasteiger partial charge in [-0.25, -0.2) is 4.39 Å². The molecule has 0 heterocycles. The SMILES string of the molecule is COc1cc(C(=O)N[C@@H]2[C@@H]3CC[C@@H](C3)[C@@H]2CO)ccc1F. The van der Waals surface area contributed by atoms with Gasteiger partial charge in [0.15, 0.2) is 11.6 Å². The Bertz CT molecular complexity index is 548. The van der Waals surface area contributed by atoms with Crippen LogP contribution in [-0.4, -0.2) is 30.8 Å². The van der Waals surface area contributed by atoms with Crippen LogP contribution in [0.4, 0.5) is 4.39 Å². The van der Waals surface area contributed by atoms with Crippen LogP contribution in [0.2, 0.25) is 0 Å². The van der Waals surface area contributed by atoms with E-state index in [1.165, 1.54) is 25.3 Å². The minimum atomic E-state index is -0.484. The molecule has 0 unspecified atom stereocenters. The Balaban J connectivity index is 1.74. The van der Waals surface area contributed by atoms with Gasteiger partial charge in [-0.3, -0.25) is 4.79 Å². The van der Waals surface area contributed by atoms with Gasteiger partial charge in [0.1, 0.15) is 0 Å². The lowest BCUT2D eigenvalue weighted by molar-refractivity contribution is 0.0861. The summed E-state index contributed by atoms with van der Waals surface area (Å²) in [4.78, 5) is 12.3. The van der Waals surface area contributed by atoms with Crippen molar-refractivity contribution in [3.63, 3.8) is 0 Å². The molecule has 2 N–H and O–H groups in total. The van der Waals surface area contributed by atoms with Gasteiger partial charge in [0.05, 0.1) is 7.11 Å². The third kappa shape index (κ3) is 2.50. The van der Waals surface area contributed by atoms with Crippen LogP contribution >= 0.6 is 0 Å². The van der Waals surface area contributed by atoms with Crippen molar-refractivity contribution in [1.82, 2.24) is 5.32 Å². The first kappa shape index (κ1) is 14.3. The Morgan fingerprint density at radius 1 is 1.43 bits per heavy atom. The maximum absolute atomic E-state index is 13.4. The molecule has 0 spiro atoms. The Hall–Kier alpha value is -1.62. The topological polar surface area (TPSA) is 58.6 Å². The first-order valence-electron chi connectivity index (χ1n) is 7.39. The molecule has 4 atom stereocenters. The molecule has 2 aliphatic rings. The fourth-order valence-electron chi connectivity index (χ4n) is 3.93. The molecule has 2 aliphatic carbocycles. The zero-order valence-corrected chi connectivity index (χ0v) is 12.0. The Kier molecular flexibility index (Phi) is 3.85. The van der Waals surface area contributed by atoms with E-state index < -0.39 is 5.82 Å². The lowest BCUT2D eigenvalue weighted by Gasteiger charge is -2.30. The van der Waals surface area contributed by atoms with E-state index in [2.05, 4.69) is 5.32 Å². The highest BCUT2D eigenvalue weighted by molar-refractivity contribution is 5.94. The number of fused-ring (bicyclic) bond motifs is 2. The van der Waals surface area contributed by atoms with E-state index in [4.69, 9.17) is 4.74 Å². The van der Waals surface area contributed by atoms with E-state index in [0.717, 1.165) is 19.3 Å². The van der Waals surface area contributed by atoms with Crippen molar-refractivity contribution in [2.45, 2.75) is 25.3 Å². The van der Waals surface area contributed by atoms with Crippen LogP contribution < -0.4 is 10.1 Å². The van der Waals surface area contributed by atoms with Crippen molar-refractivity contribution >= 4 is 5.91 Å². The lowest BCUT2D eigenvalue weighted by Crippen LogP contribution is -2.45. The van der Waals surface area contributed by atoms with Gasteiger partial charge in [0, 0.05) is 24.1 Å². The Morgan fingerprint density at radius 3 is 2.90 bits per heavy atom. The van der Waals surface area contributed by atoms with Gasteiger partial charge in [0.25, 0.3) is 5.91 Å². The molecule has 0 aromatic heterocycles. The summed E-state index contributed by atoms with van der Waals surface area (Å²) in [7, 11) is 1.37. The van der Waals surface area contributed by atoms with Crippen molar-refractivity contribution in [3.8, 4) is 5.75 Å². The molecule has 1 aromatic rings. The number of hydrogen-bond acceptors (Lipinski definition) is 3. The van der Waals surface area contributed by atoms with E-state index >= 15 is 0 Å². The van der Waals surface area contributed by atoms with E-state index in [9.17, 15) is 14.3 Å². The van der Waals surface area contributed by atoms with E-state index in [-0.39, 0.29) is 30.2 Å². The minimum Gasteiger partial charge on any atom is -0.494 e. The van der Waals surface area contributed by atoms with Gasteiger partial charge in [-0.05, 0) is 49.3 Å². The zero-order valence-electron chi connectivity index (χ0n) is 12.0. The van der Waals surface area contributed by atoms with E-state index in [1.807, 2.05) is 0 Å². The zero-order chi connectivity index (χ0) is 15.0. The molecule has 21 heavy (non-hydrogen) atoms. The number of benzene rings is 1. The first-order valence-corrected chi connectivity index (χ1v) is 7.39. The summed E-state index contributed by atoms with van der Waals surface area (Å²) in [6.45, 7) is 0.110. The van der Waals surface area contributed by atoms with Crippen LogP contribution in [0.5, 0.6) is 5.75 Å². The summed E-state index contributed by atoms with van der Waals surface area (Å²) in [5.41, 5.74) is 0.382. The molecule has 1 aromatic carbocycles. The van der Waals surface area contributed by atoms with Crippen LogP contribution in [0, 0.1) is 23.6 Å². The average Bonchev–Trinajstić information content (AvgIpc) is 3.08. The predicted molar refractivity (Wildman–Crippen MR) is 75.6 cm³/mol. The number of carbonyl (C=O) groups excluding carboxylic acids is 1. The highest BCUT2D eigenvalue weighted by Gasteiger charge is 2.47. The number of hydrogen-bond donors (Lipinski definition) is 2. The molecule has 0 saturated heterocycles. The normalized spacial score (nSPS) is 30.4. The summed E-state index contributed by atoms with van der Waals surface area (Å²) in [5.74, 6) is 0.474. The summed E-state index contributed by atoms with van der Waals surface area (Å²) >= 11 is 0. The van der Waals surface area contributed by atoms with Crippen molar-refractivity contribution in [1.29, 1.82) is 0 Å². The third-order valence-corrected chi connectivity index (χ3v) is 5.01. The summed E-state index contributed by atoms with van der Waals surface area (Å²) in [6.07, 6.45) is 3.34. The number of halogens is 1. The molecular weight excluding hydrogens is 273 g/mol. The maximum Gasteiger partial charge on any atom is 0.251 e. The van der Waals surface area contributed by atoms with Crippen LogP contribution in [0.3, 0.4) is 0 Å². The molecule has 0 radical (unpaired) electrons. The number of methoxy groups -OCH3 is 1. The van der Waals surface area contributed by atoms with Crippen LogP contribution in [-0.2, 0) is 0 Å². The smallest absolute Gasteiger partial charge is 0.251 e. The van der Waals surface area contributed by atoms with Crippen LogP contribution in [0.25, 0.3) is 0 Å². The van der Waals surface area contributed by atoms with Crippen molar-refractivity contribution in [3.05, 3.63) is 29.6 Å². The number of aliphatic hydroxyl groups is 1. The quantitative estimate of drug-likeness (QED) is 0.892. The molecule has 1 amide bonds. The largest absolute Gasteiger partial charge is 0.494 e. The molecule has 3 rings (SSSR count). The minimum absolute atomic E-state index is 0.0253. The van der Waals surface area contributed by atoms with Crippen LogP contribution in [0.1, 0.15) is 29.6 Å². The van der Waals surface area contributed by atoms with Crippen molar-refractivity contribution in [2.75, 3.05) is 13.7 Å². The highest BCUT2D eigenvalue weighted by Crippen LogP contribution is 2.48. The second-order valence-electron chi connectivity index (χ2n) is 6.03. The fourth-order valence-corrected chi connectivity index (χ4v) is 3.93. The highest BCUT2D eigenvalue weighted by atomic mass is 19.1. The molecule has 2 fully saturated rings. The van der Waals surface area contributed by atoms with Gasteiger partial charge >= 0.3 is 0 Å². The standard InChI is InChI=1S/C16H20FNO3/c1-21-14-7-11(4-5-13(14)17)16(20)18-15-10-3-2-9(6-10)12(15)8-19/h4-5,7,9-10,12,15,19H,2-3,6,8H2,1H3,(H,18,20)/t9-,10+,12-,15+/m0/s1. The number of ether oxygens (including phenoxy) is 1. The van der Waals surface area contributed by atoms with Gasteiger partial charge in [0.2, 0.25) is 0 Å². The second kappa shape index (κ2) is 5.64. The first-order chi connectivity index (χ1) is 10.1. The number of carbonyl (C=O) groups is 1. The van der Waals surface area contributed by atoms with Crippen molar-refractivity contribution < 1.29 is 19.0 Å². The predicted octanol–water partition coefficient (Wildman–Crippen LogP) is 1.97. The second-order valence-corrected chi connectivity index (χ2v) is 6.03. The summed E-state index contributed by atoms with van der Waals surface area (Å²) in [5, 5.41) is 12.6. The summed E-state index contributed by atoms with van der Waals surface area (Å²) in [6, 6.07) is 4.12. The summed E-state index contributed by atoms with van der Waals surface area (Å²) < 4.78 is 18.3. The third-order valence-electron chi connectivity index (χ3n) is 5.01. The van der Waals surface area contributed by atoms with Gasteiger partial charge in [-0.15, -0.1) is 0 Å². The van der Waals surface area contributed by atoms with E-state index in [0.29, 0.717) is 17.4 Å². The van der Waals surface area contributed by atoms with Gasteiger partial charge in [-0.1, -0.05) is 0 Å². The Labute approximate surface area is 123 Å². The number of rotatable bonds is 4. The number of nitrogens with one attached hydrogen (secondary N) is 1.